The smallest absolute Gasteiger partial charge is 0.0694 e. The minimum atomic E-state index is 0.141. The fraction of sp³-hybridized carbons (Fsp3) is 1.00. The largest absolute Gasteiger partial charge is 0.374 e. The van der Waals surface area contributed by atoms with Crippen molar-refractivity contribution in [3.8, 4) is 0 Å². The first-order valence-corrected chi connectivity index (χ1v) is 8.26. The molecule has 19 heavy (non-hydrogen) atoms. The molecule has 2 saturated carbocycles. The molecule has 1 heteroatoms. The molecule has 0 aromatic rings. The number of rotatable bonds is 0. The molecule has 0 unspecified atom stereocenters. The first-order valence-electron chi connectivity index (χ1n) is 8.26. The van der Waals surface area contributed by atoms with E-state index in [1.807, 2.05) is 0 Å². The summed E-state index contributed by atoms with van der Waals surface area (Å²) in [5.41, 5.74) is 1.49. The van der Waals surface area contributed by atoms with Crippen molar-refractivity contribution >= 4 is 0 Å². The molecule has 1 heterocycles. The maximum atomic E-state index is 6.34. The van der Waals surface area contributed by atoms with Crippen LogP contribution in [0.15, 0.2) is 0 Å². The Hall–Kier alpha value is -0.0400. The van der Waals surface area contributed by atoms with Crippen molar-refractivity contribution in [2.45, 2.75) is 79.2 Å². The van der Waals surface area contributed by atoms with E-state index in [1.54, 1.807) is 0 Å². The first-order chi connectivity index (χ1) is 8.62. The summed E-state index contributed by atoms with van der Waals surface area (Å²) in [7, 11) is 0. The fourth-order valence-corrected chi connectivity index (χ4v) is 6.81. The topological polar surface area (TPSA) is 9.23 Å². The van der Waals surface area contributed by atoms with Crippen molar-refractivity contribution in [3.63, 3.8) is 0 Å². The zero-order valence-corrected chi connectivity index (χ0v) is 13.8. The zero-order valence-electron chi connectivity index (χ0n) is 13.8. The van der Waals surface area contributed by atoms with E-state index in [0.717, 1.165) is 18.4 Å². The third kappa shape index (κ3) is 1.76. The van der Waals surface area contributed by atoms with Crippen LogP contribution < -0.4 is 0 Å². The summed E-state index contributed by atoms with van der Waals surface area (Å²) in [6.45, 7) is 15.9. The second kappa shape index (κ2) is 3.78. The highest BCUT2D eigenvalue weighted by molar-refractivity contribution is 5.13. The van der Waals surface area contributed by atoms with Gasteiger partial charge >= 0.3 is 0 Å². The summed E-state index contributed by atoms with van der Waals surface area (Å²) in [6, 6.07) is 0. The number of hydrogen-bond acceptors (Lipinski definition) is 1. The molecule has 3 rings (SSSR count). The van der Waals surface area contributed by atoms with Gasteiger partial charge in [-0.05, 0) is 54.8 Å². The van der Waals surface area contributed by atoms with Crippen molar-refractivity contribution in [1.29, 1.82) is 0 Å². The standard InChI is InChI=1S/C18H32O/c1-15(2)9-7-10-17(5)13(15)8-11-18(6)14(17)16(3,4)12-19-18/h13-14H,7-12H2,1-6H3/t13-,14+,17-,18+/m0/s1. The van der Waals surface area contributed by atoms with Gasteiger partial charge in [0.1, 0.15) is 0 Å². The summed E-state index contributed by atoms with van der Waals surface area (Å²) in [4.78, 5) is 0. The van der Waals surface area contributed by atoms with Crippen molar-refractivity contribution in [2.75, 3.05) is 6.61 Å². The summed E-state index contributed by atoms with van der Waals surface area (Å²) in [5.74, 6) is 1.61. The van der Waals surface area contributed by atoms with E-state index in [2.05, 4.69) is 41.5 Å². The van der Waals surface area contributed by atoms with Crippen LogP contribution in [-0.4, -0.2) is 12.2 Å². The number of hydrogen-bond donors (Lipinski definition) is 0. The van der Waals surface area contributed by atoms with Gasteiger partial charge in [0, 0.05) is 5.92 Å². The van der Waals surface area contributed by atoms with Crippen molar-refractivity contribution in [2.24, 2.45) is 28.1 Å². The van der Waals surface area contributed by atoms with E-state index in [1.165, 1.54) is 32.1 Å². The second-order valence-corrected chi connectivity index (χ2v) is 9.46. The summed E-state index contributed by atoms with van der Waals surface area (Å²) < 4.78 is 6.34. The highest BCUT2D eigenvalue weighted by Crippen LogP contribution is 2.68. The average molecular weight is 264 g/mol. The van der Waals surface area contributed by atoms with Gasteiger partial charge in [0.15, 0.2) is 0 Å². The lowest BCUT2D eigenvalue weighted by Gasteiger charge is -2.62. The molecule has 110 valence electrons. The van der Waals surface area contributed by atoms with Gasteiger partial charge < -0.3 is 4.74 Å². The summed E-state index contributed by atoms with van der Waals surface area (Å²) in [6.07, 6.45) is 6.87. The molecule has 0 aromatic heterocycles. The van der Waals surface area contributed by atoms with Crippen LogP contribution in [0.25, 0.3) is 0 Å². The Balaban J connectivity index is 2.06. The highest BCUT2D eigenvalue weighted by atomic mass is 16.5. The molecule has 0 N–H and O–H groups in total. The van der Waals surface area contributed by atoms with E-state index < -0.39 is 0 Å². The molecular weight excluding hydrogens is 232 g/mol. The lowest BCUT2D eigenvalue weighted by atomic mass is 9.42. The normalized spacial score (nSPS) is 51.5. The lowest BCUT2D eigenvalue weighted by molar-refractivity contribution is -0.158. The van der Waals surface area contributed by atoms with Gasteiger partial charge in [-0.15, -0.1) is 0 Å². The Morgan fingerprint density at radius 3 is 2.21 bits per heavy atom. The van der Waals surface area contributed by atoms with E-state index >= 15 is 0 Å². The van der Waals surface area contributed by atoms with Crippen molar-refractivity contribution in [3.05, 3.63) is 0 Å². The summed E-state index contributed by atoms with van der Waals surface area (Å²) >= 11 is 0. The Bertz CT molecular complexity index is 383. The maximum absolute atomic E-state index is 6.34. The molecule has 1 saturated heterocycles. The van der Waals surface area contributed by atoms with E-state index in [9.17, 15) is 0 Å². The van der Waals surface area contributed by atoms with Gasteiger partial charge in [-0.2, -0.15) is 0 Å². The minimum Gasteiger partial charge on any atom is -0.374 e. The maximum Gasteiger partial charge on any atom is 0.0694 e. The molecule has 2 aliphatic carbocycles. The molecule has 0 amide bonds. The fourth-order valence-electron chi connectivity index (χ4n) is 6.81. The molecule has 0 radical (unpaired) electrons. The molecule has 3 fully saturated rings. The molecule has 0 spiro atoms. The van der Waals surface area contributed by atoms with Crippen LogP contribution >= 0.6 is 0 Å². The molecule has 0 aromatic carbocycles. The summed E-state index contributed by atoms with van der Waals surface area (Å²) in [5, 5.41) is 0. The Labute approximate surface area is 119 Å². The quantitative estimate of drug-likeness (QED) is 0.595. The van der Waals surface area contributed by atoms with Gasteiger partial charge in [-0.25, -0.2) is 0 Å². The first kappa shape index (κ1) is 13.9. The van der Waals surface area contributed by atoms with Crippen molar-refractivity contribution in [1.82, 2.24) is 0 Å². The van der Waals surface area contributed by atoms with Gasteiger partial charge in [0.25, 0.3) is 0 Å². The molecule has 3 aliphatic rings. The number of ether oxygens (including phenoxy) is 1. The van der Waals surface area contributed by atoms with Crippen LogP contribution in [0.4, 0.5) is 0 Å². The second-order valence-electron chi connectivity index (χ2n) is 9.46. The molecule has 1 aliphatic heterocycles. The Morgan fingerprint density at radius 1 is 0.842 bits per heavy atom. The highest BCUT2D eigenvalue weighted by Gasteiger charge is 2.65. The lowest BCUT2D eigenvalue weighted by Crippen LogP contribution is -2.58. The van der Waals surface area contributed by atoms with Crippen LogP contribution in [0, 0.1) is 28.1 Å². The average Bonchev–Trinajstić information content (AvgIpc) is 2.49. The zero-order chi connectivity index (χ0) is 14.1. The molecule has 0 bridgehead atoms. The Kier molecular flexibility index (Phi) is 2.77. The third-order valence-corrected chi connectivity index (χ3v) is 7.03. The van der Waals surface area contributed by atoms with E-state index in [-0.39, 0.29) is 5.60 Å². The van der Waals surface area contributed by atoms with Gasteiger partial charge in [0.2, 0.25) is 0 Å². The van der Waals surface area contributed by atoms with Crippen LogP contribution in [-0.2, 0) is 4.74 Å². The SMILES string of the molecule is CC1(C)CO[C@]2(C)CC[C@H]3C(C)(C)CCC[C@]3(C)[C@@H]12. The molecular formula is C18H32O. The van der Waals surface area contributed by atoms with Gasteiger partial charge in [-0.1, -0.05) is 41.0 Å². The molecule has 4 atom stereocenters. The van der Waals surface area contributed by atoms with Crippen LogP contribution in [0.1, 0.15) is 73.6 Å². The van der Waals surface area contributed by atoms with Crippen molar-refractivity contribution < 1.29 is 4.74 Å². The predicted molar refractivity (Wildman–Crippen MR) is 80.1 cm³/mol. The van der Waals surface area contributed by atoms with Gasteiger partial charge in [0.05, 0.1) is 12.2 Å². The predicted octanol–water partition coefficient (Wildman–Crippen LogP) is 5.04. The van der Waals surface area contributed by atoms with E-state index in [0.29, 0.717) is 16.2 Å². The third-order valence-electron chi connectivity index (χ3n) is 7.03. The Morgan fingerprint density at radius 2 is 1.53 bits per heavy atom. The van der Waals surface area contributed by atoms with Crippen LogP contribution in [0.5, 0.6) is 0 Å². The van der Waals surface area contributed by atoms with Gasteiger partial charge in [-0.3, -0.25) is 0 Å². The molecule has 1 nitrogen and oxygen atoms in total. The number of fused-ring (bicyclic) bond motifs is 3. The van der Waals surface area contributed by atoms with Crippen LogP contribution in [0.3, 0.4) is 0 Å². The van der Waals surface area contributed by atoms with E-state index in [4.69, 9.17) is 4.74 Å². The van der Waals surface area contributed by atoms with Crippen LogP contribution in [0.2, 0.25) is 0 Å². The monoisotopic (exact) mass is 264 g/mol. The minimum absolute atomic E-state index is 0.141.